The summed E-state index contributed by atoms with van der Waals surface area (Å²) in [5.74, 6) is -0.610. The number of benzene rings is 1. The van der Waals surface area contributed by atoms with Crippen LogP contribution in [0.4, 0.5) is 4.39 Å². The zero-order valence-electron chi connectivity index (χ0n) is 13.3. The number of carbonyl (C=O) groups is 1. The molecule has 8 heteroatoms. The Balaban J connectivity index is 1.78. The molecule has 2 aromatic rings. The molecule has 0 aliphatic carbocycles. The highest BCUT2D eigenvalue weighted by molar-refractivity contribution is 5.67. The standard InChI is InChI=1S/C16H19FN4O3/c1-24-15-3-2-12(17)4-11(15)8-21-7-10(5-16(22)23)13(9-21)14-6-18-20-19-14/h2-4,6,10,13H,5,7-9H2,1H3,(H,22,23)(H,18,19,20)/t10-,13+/m1/s1. The van der Waals surface area contributed by atoms with Crippen LogP contribution >= 0.6 is 0 Å². The molecule has 0 amide bonds. The van der Waals surface area contributed by atoms with Crippen LogP contribution in [-0.4, -0.2) is 51.6 Å². The van der Waals surface area contributed by atoms with Crippen molar-refractivity contribution in [2.24, 2.45) is 5.92 Å². The first-order chi connectivity index (χ1) is 11.6. The second-order valence-electron chi connectivity index (χ2n) is 6.01. The number of likely N-dealkylation sites (tertiary alicyclic amines) is 1. The Morgan fingerprint density at radius 1 is 1.50 bits per heavy atom. The molecule has 0 bridgehead atoms. The predicted octanol–water partition coefficient (Wildman–Crippen LogP) is 1.64. The van der Waals surface area contributed by atoms with Crippen molar-refractivity contribution in [1.82, 2.24) is 20.3 Å². The van der Waals surface area contributed by atoms with E-state index < -0.39 is 5.97 Å². The first kappa shape index (κ1) is 16.4. The van der Waals surface area contributed by atoms with Crippen LogP contribution in [0.3, 0.4) is 0 Å². The van der Waals surface area contributed by atoms with Crippen LogP contribution in [0.2, 0.25) is 0 Å². The summed E-state index contributed by atoms with van der Waals surface area (Å²) in [5, 5.41) is 19.6. The van der Waals surface area contributed by atoms with Gasteiger partial charge < -0.3 is 9.84 Å². The number of carboxylic acids is 1. The molecule has 1 aliphatic heterocycles. The van der Waals surface area contributed by atoms with Gasteiger partial charge in [-0.2, -0.15) is 15.4 Å². The van der Waals surface area contributed by atoms with Gasteiger partial charge in [0.05, 0.1) is 25.4 Å². The predicted molar refractivity (Wildman–Crippen MR) is 83.1 cm³/mol. The monoisotopic (exact) mass is 334 g/mol. The average Bonchev–Trinajstić information content (AvgIpc) is 3.16. The van der Waals surface area contributed by atoms with Crippen molar-refractivity contribution in [2.45, 2.75) is 18.9 Å². The smallest absolute Gasteiger partial charge is 0.303 e. The highest BCUT2D eigenvalue weighted by atomic mass is 19.1. The zero-order valence-corrected chi connectivity index (χ0v) is 13.3. The van der Waals surface area contributed by atoms with E-state index in [1.54, 1.807) is 19.4 Å². The van der Waals surface area contributed by atoms with E-state index in [0.717, 1.165) is 11.3 Å². The second kappa shape index (κ2) is 6.96. The molecule has 1 aromatic carbocycles. The summed E-state index contributed by atoms with van der Waals surface area (Å²) in [4.78, 5) is 13.2. The molecule has 2 heterocycles. The number of ether oxygens (including phenoxy) is 1. The molecule has 2 atom stereocenters. The maximum absolute atomic E-state index is 13.5. The number of hydrogen-bond acceptors (Lipinski definition) is 5. The Bertz CT molecular complexity index is 707. The van der Waals surface area contributed by atoms with Crippen LogP contribution in [0.1, 0.15) is 23.6 Å². The van der Waals surface area contributed by atoms with Crippen molar-refractivity contribution in [3.8, 4) is 5.75 Å². The number of aromatic nitrogens is 3. The summed E-state index contributed by atoms with van der Waals surface area (Å²) >= 11 is 0. The van der Waals surface area contributed by atoms with Crippen molar-refractivity contribution in [3.05, 3.63) is 41.5 Å². The van der Waals surface area contributed by atoms with E-state index in [2.05, 4.69) is 20.3 Å². The minimum atomic E-state index is -0.835. The normalized spacial score (nSPS) is 21.1. The van der Waals surface area contributed by atoms with Gasteiger partial charge in [-0.15, -0.1) is 0 Å². The lowest BCUT2D eigenvalue weighted by Gasteiger charge is -2.17. The fourth-order valence-electron chi connectivity index (χ4n) is 3.36. The number of aromatic amines is 1. The Kier molecular flexibility index (Phi) is 4.75. The van der Waals surface area contributed by atoms with Crippen LogP contribution in [0.5, 0.6) is 5.75 Å². The first-order valence-corrected chi connectivity index (χ1v) is 7.69. The largest absolute Gasteiger partial charge is 0.496 e. The topological polar surface area (TPSA) is 91.3 Å². The molecular weight excluding hydrogens is 315 g/mol. The van der Waals surface area contributed by atoms with E-state index in [-0.39, 0.29) is 24.1 Å². The maximum Gasteiger partial charge on any atom is 0.303 e. The molecule has 1 fully saturated rings. The van der Waals surface area contributed by atoms with Crippen LogP contribution in [0, 0.1) is 11.7 Å². The lowest BCUT2D eigenvalue weighted by Crippen LogP contribution is -2.21. The summed E-state index contributed by atoms with van der Waals surface area (Å²) in [5.41, 5.74) is 1.50. The van der Waals surface area contributed by atoms with E-state index in [4.69, 9.17) is 9.84 Å². The molecule has 2 N–H and O–H groups in total. The van der Waals surface area contributed by atoms with E-state index in [1.807, 2.05) is 0 Å². The van der Waals surface area contributed by atoms with Gasteiger partial charge in [0.2, 0.25) is 0 Å². The summed E-state index contributed by atoms with van der Waals surface area (Å²) in [6.45, 7) is 1.74. The van der Waals surface area contributed by atoms with E-state index in [0.29, 0.717) is 25.4 Å². The number of halogens is 1. The Morgan fingerprint density at radius 3 is 3.00 bits per heavy atom. The molecule has 1 aliphatic rings. The molecule has 1 saturated heterocycles. The van der Waals surface area contributed by atoms with Gasteiger partial charge in [-0.25, -0.2) is 4.39 Å². The fourth-order valence-corrected chi connectivity index (χ4v) is 3.36. The summed E-state index contributed by atoms with van der Waals surface area (Å²) < 4.78 is 18.8. The lowest BCUT2D eigenvalue weighted by molar-refractivity contribution is -0.138. The molecule has 0 radical (unpaired) electrons. The number of nitrogens with one attached hydrogen (secondary N) is 1. The second-order valence-corrected chi connectivity index (χ2v) is 6.01. The molecule has 0 unspecified atom stereocenters. The van der Waals surface area contributed by atoms with E-state index >= 15 is 0 Å². The van der Waals surface area contributed by atoms with E-state index in [9.17, 15) is 9.18 Å². The highest BCUT2D eigenvalue weighted by Crippen LogP contribution is 2.35. The van der Waals surface area contributed by atoms with Crippen LogP contribution < -0.4 is 4.74 Å². The van der Waals surface area contributed by atoms with Gasteiger partial charge in [0.15, 0.2) is 0 Å². The third-order valence-corrected chi connectivity index (χ3v) is 4.40. The van der Waals surface area contributed by atoms with Gasteiger partial charge in [0.25, 0.3) is 0 Å². The molecule has 1 aromatic heterocycles. The first-order valence-electron chi connectivity index (χ1n) is 7.69. The number of methoxy groups -OCH3 is 1. The van der Waals surface area contributed by atoms with Crippen molar-refractivity contribution in [1.29, 1.82) is 0 Å². The number of H-pyrrole nitrogens is 1. The third kappa shape index (κ3) is 3.53. The fraction of sp³-hybridized carbons (Fsp3) is 0.438. The molecule has 128 valence electrons. The van der Waals surface area contributed by atoms with Crippen LogP contribution in [0.25, 0.3) is 0 Å². The Labute approximate surface area is 138 Å². The van der Waals surface area contributed by atoms with Gasteiger partial charge in [-0.3, -0.25) is 9.69 Å². The Morgan fingerprint density at radius 2 is 2.33 bits per heavy atom. The van der Waals surface area contributed by atoms with Gasteiger partial charge in [0.1, 0.15) is 11.6 Å². The molecule has 7 nitrogen and oxygen atoms in total. The van der Waals surface area contributed by atoms with Crippen LogP contribution in [-0.2, 0) is 11.3 Å². The summed E-state index contributed by atoms with van der Waals surface area (Å²) in [6.07, 6.45) is 1.69. The van der Waals surface area contributed by atoms with Gasteiger partial charge >= 0.3 is 5.97 Å². The average molecular weight is 334 g/mol. The van der Waals surface area contributed by atoms with Gasteiger partial charge in [0, 0.05) is 31.1 Å². The minimum Gasteiger partial charge on any atom is -0.496 e. The number of rotatable bonds is 6. The van der Waals surface area contributed by atoms with Crippen molar-refractivity contribution < 1.29 is 19.0 Å². The Hall–Kier alpha value is -2.48. The maximum atomic E-state index is 13.5. The minimum absolute atomic E-state index is 0.0144. The zero-order chi connectivity index (χ0) is 17.1. The molecule has 3 rings (SSSR count). The molecule has 0 saturated carbocycles. The molecular formula is C16H19FN4O3. The number of nitrogens with zero attached hydrogens (tertiary/aromatic N) is 3. The molecule has 0 spiro atoms. The number of hydrogen-bond donors (Lipinski definition) is 2. The van der Waals surface area contributed by atoms with Gasteiger partial charge in [-0.05, 0) is 24.1 Å². The quantitative estimate of drug-likeness (QED) is 0.834. The van der Waals surface area contributed by atoms with Crippen molar-refractivity contribution in [2.75, 3.05) is 20.2 Å². The van der Waals surface area contributed by atoms with E-state index in [1.165, 1.54) is 12.1 Å². The van der Waals surface area contributed by atoms with Crippen molar-refractivity contribution >= 4 is 5.97 Å². The molecule has 24 heavy (non-hydrogen) atoms. The highest BCUT2D eigenvalue weighted by Gasteiger charge is 2.36. The number of aliphatic carboxylic acids is 1. The SMILES string of the molecule is COc1ccc(F)cc1CN1C[C@@H](CC(=O)O)[C@@H](c2cn[nH]n2)C1. The summed E-state index contributed by atoms with van der Waals surface area (Å²) in [6, 6.07) is 4.41. The third-order valence-electron chi connectivity index (χ3n) is 4.40. The number of carboxylic acid groups (broad SMARTS) is 1. The lowest BCUT2D eigenvalue weighted by atomic mass is 9.91. The van der Waals surface area contributed by atoms with Crippen LogP contribution in [0.15, 0.2) is 24.4 Å². The van der Waals surface area contributed by atoms with Crippen molar-refractivity contribution in [3.63, 3.8) is 0 Å². The van der Waals surface area contributed by atoms with Gasteiger partial charge in [-0.1, -0.05) is 0 Å². The summed E-state index contributed by atoms with van der Waals surface area (Å²) in [7, 11) is 1.55.